The maximum atomic E-state index is 6.50. The molecule has 0 fully saturated rings. The number of furan rings is 1. The molecule has 0 spiro atoms. The minimum absolute atomic E-state index is 0.330. The summed E-state index contributed by atoms with van der Waals surface area (Å²) in [6, 6.07) is 42.3. The van der Waals surface area contributed by atoms with E-state index in [2.05, 4.69) is 140 Å². The zero-order valence-electron chi connectivity index (χ0n) is 27.0. The number of nitrogens with zero attached hydrogens (tertiary/aromatic N) is 3. The first-order chi connectivity index (χ1) is 24.3. The van der Waals surface area contributed by atoms with E-state index in [9.17, 15) is 0 Å². The maximum absolute atomic E-state index is 6.50. The molecule has 1 atom stereocenters. The van der Waals surface area contributed by atoms with Gasteiger partial charge >= 0.3 is 0 Å². The number of rotatable bonds is 6. The van der Waals surface area contributed by atoms with E-state index >= 15 is 0 Å². The molecule has 4 nitrogen and oxygen atoms in total. The molecule has 0 saturated carbocycles. The third-order valence-corrected chi connectivity index (χ3v) is 9.58. The molecule has 0 aliphatic heterocycles. The lowest BCUT2D eigenvalue weighted by Crippen LogP contribution is -2.05. The monoisotopic (exact) mass is 631 g/mol. The van der Waals surface area contributed by atoms with Crippen molar-refractivity contribution >= 4 is 33.1 Å². The average molecular weight is 632 g/mol. The molecule has 0 N–H and O–H groups in total. The van der Waals surface area contributed by atoms with Gasteiger partial charge in [-0.2, -0.15) is 0 Å². The van der Waals surface area contributed by atoms with Crippen LogP contribution in [0.4, 0.5) is 0 Å². The number of benzene rings is 5. The summed E-state index contributed by atoms with van der Waals surface area (Å²) in [4.78, 5) is 15.5. The molecule has 4 heteroatoms. The second kappa shape index (κ2) is 12.5. The molecule has 2 aliphatic rings. The van der Waals surface area contributed by atoms with Crippen LogP contribution in [0, 0.1) is 0 Å². The van der Waals surface area contributed by atoms with Gasteiger partial charge in [-0.05, 0) is 53.7 Å². The Kier molecular flexibility index (Phi) is 7.39. The van der Waals surface area contributed by atoms with Crippen molar-refractivity contribution in [1.29, 1.82) is 0 Å². The van der Waals surface area contributed by atoms with Gasteiger partial charge in [-0.25, -0.2) is 15.0 Å². The van der Waals surface area contributed by atoms with Crippen molar-refractivity contribution in [1.82, 2.24) is 15.0 Å². The minimum atomic E-state index is 0.330. The highest BCUT2D eigenvalue weighted by Gasteiger charge is 2.22. The summed E-state index contributed by atoms with van der Waals surface area (Å²) in [6.45, 7) is 0. The van der Waals surface area contributed by atoms with E-state index in [1.54, 1.807) is 0 Å². The second-order valence-electron chi connectivity index (χ2n) is 12.6. The van der Waals surface area contributed by atoms with Gasteiger partial charge in [0.05, 0.1) is 0 Å². The lowest BCUT2D eigenvalue weighted by Gasteiger charge is -2.18. The van der Waals surface area contributed by atoms with Crippen molar-refractivity contribution < 1.29 is 4.42 Å². The molecule has 2 aromatic heterocycles. The minimum Gasteiger partial charge on any atom is -0.455 e. The van der Waals surface area contributed by atoms with Crippen LogP contribution in [0.2, 0.25) is 0 Å². The van der Waals surface area contributed by atoms with E-state index in [1.165, 1.54) is 16.7 Å². The molecular formula is C45H33N3O. The lowest BCUT2D eigenvalue weighted by atomic mass is 9.90. The number of hydrogen-bond donors (Lipinski definition) is 0. The Morgan fingerprint density at radius 2 is 1.29 bits per heavy atom. The summed E-state index contributed by atoms with van der Waals surface area (Å²) >= 11 is 0. The third kappa shape index (κ3) is 5.51. The van der Waals surface area contributed by atoms with Crippen LogP contribution >= 0.6 is 0 Å². The van der Waals surface area contributed by atoms with Gasteiger partial charge in [-0.1, -0.05) is 146 Å². The number of fused-ring (bicyclic) bond motifs is 3. The highest BCUT2D eigenvalue weighted by molar-refractivity contribution is 6.10. The molecule has 0 radical (unpaired) electrons. The van der Waals surface area contributed by atoms with Crippen LogP contribution < -0.4 is 0 Å². The first kappa shape index (κ1) is 29.0. The maximum Gasteiger partial charge on any atom is 0.164 e. The van der Waals surface area contributed by atoms with Gasteiger partial charge in [0, 0.05) is 39.0 Å². The van der Waals surface area contributed by atoms with Crippen molar-refractivity contribution in [3.8, 4) is 33.9 Å². The Labute approximate surface area is 285 Å². The van der Waals surface area contributed by atoms with E-state index in [0.717, 1.165) is 69.0 Å². The predicted octanol–water partition coefficient (Wildman–Crippen LogP) is 11.6. The SMILES string of the molecule is C1=CCC(c2cccc(-c3nc(C4=C(c5cccc6c5oc5ccccc56)CCC=C4)nc(-c4ccc(-c5ccccc5)cc4)n3)c2)C=C1. The summed E-state index contributed by atoms with van der Waals surface area (Å²) in [5, 5.41) is 2.24. The Bertz CT molecular complexity index is 2460. The Morgan fingerprint density at radius 1 is 0.571 bits per heavy atom. The van der Waals surface area contributed by atoms with Crippen molar-refractivity contribution in [2.45, 2.75) is 25.2 Å². The predicted molar refractivity (Wildman–Crippen MR) is 201 cm³/mol. The average Bonchev–Trinajstić information content (AvgIpc) is 3.58. The van der Waals surface area contributed by atoms with Gasteiger partial charge in [-0.15, -0.1) is 0 Å². The van der Waals surface area contributed by atoms with Gasteiger partial charge in [0.1, 0.15) is 11.2 Å². The number of hydrogen-bond acceptors (Lipinski definition) is 4. The van der Waals surface area contributed by atoms with Crippen LogP contribution in [0.15, 0.2) is 162 Å². The van der Waals surface area contributed by atoms with Gasteiger partial charge in [0.15, 0.2) is 17.5 Å². The van der Waals surface area contributed by atoms with Crippen LogP contribution in [-0.2, 0) is 0 Å². The van der Waals surface area contributed by atoms with Gasteiger partial charge in [0.2, 0.25) is 0 Å². The molecule has 5 aromatic carbocycles. The van der Waals surface area contributed by atoms with E-state index in [1.807, 2.05) is 18.2 Å². The van der Waals surface area contributed by atoms with Gasteiger partial charge < -0.3 is 4.42 Å². The highest BCUT2D eigenvalue weighted by Crippen LogP contribution is 2.40. The Morgan fingerprint density at radius 3 is 2.14 bits per heavy atom. The van der Waals surface area contributed by atoms with E-state index < -0.39 is 0 Å². The lowest BCUT2D eigenvalue weighted by molar-refractivity contribution is 0.667. The fourth-order valence-electron chi connectivity index (χ4n) is 7.07. The van der Waals surface area contributed by atoms with Crippen LogP contribution in [0.5, 0.6) is 0 Å². The largest absolute Gasteiger partial charge is 0.455 e. The number of allylic oxidation sites excluding steroid dienone is 8. The summed E-state index contributed by atoms with van der Waals surface area (Å²) in [5.41, 5.74) is 10.6. The summed E-state index contributed by atoms with van der Waals surface area (Å²) in [7, 11) is 0. The molecular weight excluding hydrogens is 599 g/mol. The molecule has 0 bridgehead atoms. The first-order valence-electron chi connectivity index (χ1n) is 16.9. The standard InChI is InChI=1S/C45H33N3O/c1-3-13-30(14-4-1)32-25-27-33(28-26-32)43-46-44(35-18-11-17-34(29-35)31-15-5-2-6-16-31)48-45(47-43)40-21-8-7-19-36(40)38-22-12-23-39-37-20-9-10-24-41(37)49-42(38)39/h1-6,8-15,17-18,20-29,31H,7,16,19H2. The smallest absolute Gasteiger partial charge is 0.164 e. The summed E-state index contributed by atoms with van der Waals surface area (Å²) in [6.07, 6.45) is 15.9. The third-order valence-electron chi connectivity index (χ3n) is 9.58. The molecule has 9 rings (SSSR count). The fraction of sp³-hybridized carbons (Fsp3) is 0.0889. The van der Waals surface area contributed by atoms with E-state index in [-0.39, 0.29) is 0 Å². The van der Waals surface area contributed by atoms with Crippen molar-refractivity contribution in [2.75, 3.05) is 0 Å². The van der Waals surface area contributed by atoms with Crippen molar-refractivity contribution in [2.24, 2.45) is 0 Å². The van der Waals surface area contributed by atoms with Crippen LogP contribution in [0.3, 0.4) is 0 Å². The molecule has 1 unspecified atom stereocenters. The van der Waals surface area contributed by atoms with E-state index in [4.69, 9.17) is 19.4 Å². The fourth-order valence-corrected chi connectivity index (χ4v) is 7.07. The zero-order chi connectivity index (χ0) is 32.6. The highest BCUT2D eigenvalue weighted by atomic mass is 16.3. The van der Waals surface area contributed by atoms with Crippen LogP contribution in [0.1, 0.15) is 42.1 Å². The topological polar surface area (TPSA) is 51.8 Å². The quantitative estimate of drug-likeness (QED) is 0.183. The molecule has 7 aromatic rings. The molecule has 234 valence electrons. The zero-order valence-corrected chi connectivity index (χ0v) is 27.0. The van der Waals surface area contributed by atoms with Crippen molar-refractivity contribution in [3.05, 3.63) is 175 Å². The Hall–Kier alpha value is -6.13. The molecule has 0 saturated heterocycles. The second-order valence-corrected chi connectivity index (χ2v) is 12.6. The summed E-state index contributed by atoms with van der Waals surface area (Å²) < 4.78 is 6.50. The van der Waals surface area contributed by atoms with Crippen molar-refractivity contribution in [3.63, 3.8) is 0 Å². The number of aromatic nitrogens is 3. The van der Waals surface area contributed by atoms with Gasteiger partial charge in [0.25, 0.3) is 0 Å². The molecule has 2 aliphatic carbocycles. The van der Waals surface area contributed by atoms with Crippen LogP contribution in [-0.4, -0.2) is 15.0 Å². The molecule has 2 heterocycles. The Balaban J connectivity index is 1.22. The molecule has 0 amide bonds. The summed E-state index contributed by atoms with van der Waals surface area (Å²) in [5.74, 6) is 2.31. The normalized spacial score (nSPS) is 15.8. The first-order valence-corrected chi connectivity index (χ1v) is 16.9. The molecule has 49 heavy (non-hydrogen) atoms. The van der Waals surface area contributed by atoms with Gasteiger partial charge in [-0.3, -0.25) is 0 Å². The van der Waals surface area contributed by atoms with E-state index in [0.29, 0.717) is 23.4 Å². The van der Waals surface area contributed by atoms with Crippen LogP contribution in [0.25, 0.3) is 67.0 Å². The number of para-hydroxylation sites is 2.